The SMILES string of the molecule is CC(Oc1ccc(Br)cc1)c1nnc(SCC(=O)Nc2c(Cl)cccc2Cl)n1C. The number of halogens is 3. The molecule has 0 fully saturated rings. The molecule has 0 aliphatic rings. The molecule has 0 aliphatic heterocycles. The Morgan fingerprint density at radius 1 is 1.21 bits per heavy atom. The van der Waals surface area contributed by atoms with Crippen molar-refractivity contribution in [1.82, 2.24) is 14.8 Å². The molecule has 3 rings (SSSR count). The van der Waals surface area contributed by atoms with Crippen molar-refractivity contribution in [3.05, 3.63) is 62.8 Å². The van der Waals surface area contributed by atoms with E-state index in [1.807, 2.05) is 42.8 Å². The van der Waals surface area contributed by atoms with Crippen LogP contribution in [0.2, 0.25) is 10.0 Å². The van der Waals surface area contributed by atoms with Crippen molar-refractivity contribution in [2.45, 2.75) is 18.2 Å². The lowest BCUT2D eigenvalue weighted by atomic mass is 10.3. The minimum atomic E-state index is -0.307. The first kappa shape index (κ1) is 22.0. The Bertz CT molecular complexity index is 994. The fourth-order valence-electron chi connectivity index (χ4n) is 2.50. The molecule has 1 unspecified atom stereocenters. The predicted molar refractivity (Wildman–Crippen MR) is 120 cm³/mol. The molecule has 1 N–H and O–H groups in total. The van der Waals surface area contributed by atoms with Crippen LogP contribution < -0.4 is 10.1 Å². The van der Waals surface area contributed by atoms with Gasteiger partial charge < -0.3 is 14.6 Å². The molecule has 1 aromatic heterocycles. The molecule has 6 nitrogen and oxygen atoms in total. The van der Waals surface area contributed by atoms with Crippen LogP contribution in [0.3, 0.4) is 0 Å². The largest absolute Gasteiger partial charge is 0.483 e. The molecule has 2 aromatic carbocycles. The van der Waals surface area contributed by atoms with Crippen LogP contribution in [0.15, 0.2) is 52.1 Å². The normalized spacial score (nSPS) is 11.9. The van der Waals surface area contributed by atoms with Gasteiger partial charge >= 0.3 is 0 Å². The summed E-state index contributed by atoms with van der Waals surface area (Å²) >= 11 is 16.8. The summed E-state index contributed by atoms with van der Waals surface area (Å²) in [5.74, 6) is 1.28. The van der Waals surface area contributed by atoms with Crippen molar-refractivity contribution >= 4 is 62.5 Å². The van der Waals surface area contributed by atoms with Gasteiger partial charge in [-0.25, -0.2) is 0 Å². The van der Waals surface area contributed by atoms with Crippen molar-refractivity contribution in [3.8, 4) is 5.75 Å². The molecule has 0 saturated heterocycles. The molecule has 0 aliphatic carbocycles. The van der Waals surface area contributed by atoms with E-state index in [-0.39, 0.29) is 17.8 Å². The highest BCUT2D eigenvalue weighted by Gasteiger charge is 2.18. The third kappa shape index (κ3) is 5.66. The van der Waals surface area contributed by atoms with E-state index >= 15 is 0 Å². The smallest absolute Gasteiger partial charge is 0.234 e. The second-order valence-electron chi connectivity index (χ2n) is 6.05. The van der Waals surface area contributed by atoms with E-state index in [4.69, 9.17) is 27.9 Å². The number of thioether (sulfide) groups is 1. The van der Waals surface area contributed by atoms with E-state index < -0.39 is 0 Å². The number of aromatic nitrogens is 3. The Morgan fingerprint density at radius 2 is 1.86 bits per heavy atom. The number of carbonyl (C=O) groups is 1. The number of ether oxygens (including phenoxy) is 1. The molecule has 1 amide bonds. The van der Waals surface area contributed by atoms with E-state index in [0.717, 1.165) is 10.2 Å². The number of amides is 1. The number of rotatable bonds is 7. The van der Waals surface area contributed by atoms with Crippen LogP contribution in [0.25, 0.3) is 0 Å². The van der Waals surface area contributed by atoms with Crippen molar-refractivity contribution in [2.75, 3.05) is 11.1 Å². The monoisotopic (exact) mass is 514 g/mol. The quantitative estimate of drug-likeness (QED) is 0.405. The molecule has 152 valence electrons. The maximum absolute atomic E-state index is 12.3. The van der Waals surface area contributed by atoms with E-state index in [0.29, 0.717) is 26.7 Å². The summed E-state index contributed by atoms with van der Waals surface area (Å²) in [6.07, 6.45) is -0.307. The van der Waals surface area contributed by atoms with Gasteiger partial charge in [0.1, 0.15) is 5.75 Å². The maximum Gasteiger partial charge on any atom is 0.234 e. The first-order valence-corrected chi connectivity index (χ1v) is 11.1. The topological polar surface area (TPSA) is 69.0 Å². The fraction of sp³-hybridized carbons (Fsp3) is 0.211. The van der Waals surface area contributed by atoms with Gasteiger partial charge in [-0.2, -0.15) is 0 Å². The van der Waals surface area contributed by atoms with Crippen LogP contribution in [0, 0.1) is 0 Å². The summed E-state index contributed by atoms with van der Waals surface area (Å²) < 4.78 is 8.71. The van der Waals surface area contributed by atoms with E-state index in [1.165, 1.54) is 11.8 Å². The number of hydrogen-bond donors (Lipinski definition) is 1. The second kappa shape index (κ2) is 9.84. The second-order valence-corrected chi connectivity index (χ2v) is 8.72. The number of carbonyl (C=O) groups excluding carboxylic acids is 1. The van der Waals surface area contributed by atoms with Gasteiger partial charge in [0, 0.05) is 11.5 Å². The summed E-state index contributed by atoms with van der Waals surface area (Å²) in [6.45, 7) is 1.90. The molecule has 0 saturated carbocycles. The van der Waals surface area contributed by atoms with Crippen LogP contribution in [0.1, 0.15) is 18.9 Å². The van der Waals surface area contributed by atoms with E-state index in [2.05, 4.69) is 31.4 Å². The average molecular weight is 516 g/mol. The van der Waals surface area contributed by atoms with Crippen LogP contribution >= 0.6 is 50.9 Å². The van der Waals surface area contributed by atoms with Gasteiger partial charge in [0.25, 0.3) is 0 Å². The zero-order valence-corrected chi connectivity index (χ0v) is 19.4. The van der Waals surface area contributed by atoms with Crippen molar-refractivity contribution in [2.24, 2.45) is 7.05 Å². The number of anilines is 1. The highest BCUT2D eigenvalue weighted by molar-refractivity contribution is 9.10. The summed E-state index contributed by atoms with van der Waals surface area (Å²) in [5, 5.41) is 12.5. The third-order valence-corrected chi connectivity index (χ3v) is 6.10. The Kier molecular flexibility index (Phi) is 7.45. The standard InChI is InChI=1S/C19H17BrCl2N4O2S/c1-11(28-13-8-6-12(20)7-9-13)18-24-25-19(26(18)2)29-10-16(27)23-17-14(21)4-3-5-15(17)22/h3-9,11H,10H2,1-2H3,(H,23,27). The molecule has 10 heteroatoms. The van der Waals surface area contributed by atoms with Crippen LogP contribution in [0.5, 0.6) is 5.75 Å². The molecule has 1 atom stereocenters. The Hall–Kier alpha value is -1.74. The molecule has 3 aromatic rings. The zero-order valence-electron chi connectivity index (χ0n) is 15.5. The number of nitrogens with one attached hydrogen (secondary N) is 1. The summed E-state index contributed by atoms with van der Waals surface area (Å²) in [5.41, 5.74) is 0.400. The summed E-state index contributed by atoms with van der Waals surface area (Å²) in [7, 11) is 1.84. The van der Waals surface area contributed by atoms with Gasteiger partial charge in [-0.3, -0.25) is 4.79 Å². The Morgan fingerprint density at radius 3 is 2.52 bits per heavy atom. The van der Waals surface area contributed by atoms with Gasteiger partial charge in [0.05, 0.1) is 21.5 Å². The maximum atomic E-state index is 12.3. The van der Waals surface area contributed by atoms with Gasteiger partial charge in [-0.1, -0.05) is 57.0 Å². The molecule has 1 heterocycles. The summed E-state index contributed by atoms with van der Waals surface area (Å²) in [6, 6.07) is 12.6. The van der Waals surface area contributed by atoms with Crippen molar-refractivity contribution in [1.29, 1.82) is 0 Å². The molecular formula is C19H17BrCl2N4O2S. The average Bonchev–Trinajstić information content (AvgIpc) is 3.05. The molecule has 0 spiro atoms. The minimum absolute atomic E-state index is 0.134. The lowest BCUT2D eigenvalue weighted by molar-refractivity contribution is -0.113. The zero-order chi connectivity index (χ0) is 21.0. The van der Waals surface area contributed by atoms with Crippen molar-refractivity contribution < 1.29 is 9.53 Å². The Balaban J connectivity index is 1.60. The van der Waals surface area contributed by atoms with E-state index in [9.17, 15) is 4.79 Å². The van der Waals surface area contributed by atoms with Crippen molar-refractivity contribution in [3.63, 3.8) is 0 Å². The molecule has 0 radical (unpaired) electrons. The number of nitrogens with zero attached hydrogens (tertiary/aromatic N) is 3. The number of benzene rings is 2. The van der Waals surface area contributed by atoms with Gasteiger partial charge in [0.15, 0.2) is 17.1 Å². The number of para-hydroxylation sites is 1. The molecule has 0 bridgehead atoms. The van der Waals surface area contributed by atoms with Gasteiger partial charge in [-0.05, 0) is 43.3 Å². The Labute approximate surface area is 191 Å². The predicted octanol–water partition coefficient (Wildman–Crippen LogP) is 5.76. The summed E-state index contributed by atoms with van der Waals surface area (Å²) in [4.78, 5) is 12.3. The highest BCUT2D eigenvalue weighted by Crippen LogP contribution is 2.30. The first-order chi connectivity index (χ1) is 13.8. The van der Waals surface area contributed by atoms with Gasteiger partial charge in [0.2, 0.25) is 5.91 Å². The lowest BCUT2D eigenvalue weighted by Gasteiger charge is -2.14. The number of hydrogen-bond acceptors (Lipinski definition) is 5. The van der Waals surface area contributed by atoms with Crippen LogP contribution in [0.4, 0.5) is 5.69 Å². The third-order valence-electron chi connectivity index (χ3n) is 3.92. The van der Waals surface area contributed by atoms with Gasteiger partial charge in [-0.15, -0.1) is 10.2 Å². The minimum Gasteiger partial charge on any atom is -0.483 e. The van der Waals surface area contributed by atoms with Crippen LogP contribution in [-0.2, 0) is 11.8 Å². The fourth-order valence-corrected chi connectivity index (χ4v) is 3.97. The first-order valence-electron chi connectivity index (χ1n) is 8.53. The van der Waals surface area contributed by atoms with E-state index in [1.54, 1.807) is 18.2 Å². The lowest BCUT2D eigenvalue weighted by Crippen LogP contribution is -2.15. The molecular weight excluding hydrogens is 499 g/mol. The van der Waals surface area contributed by atoms with Crippen LogP contribution in [-0.4, -0.2) is 26.4 Å². The highest BCUT2D eigenvalue weighted by atomic mass is 79.9. The molecule has 29 heavy (non-hydrogen) atoms.